The summed E-state index contributed by atoms with van der Waals surface area (Å²) in [6.45, 7) is 5.44. The van der Waals surface area contributed by atoms with Crippen molar-refractivity contribution in [2.24, 2.45) is 5.92 Å². The highest BCUT2D eigenvalue weighted by molar-refractivity contribution is 5.80. The molecule has 2 atom stereocenters. The van der Waals surface area contributed by atoms with Crippen LogP contribution in [0.3, 0.4) is 0 Å². The second-order valence-corrected chi connectivity index (χ2v) is 4.65. The maximum Gasteiger partial charge on any atom is 0.228 e. The first kappa shape index (κ1) is 10.7. The van der Waals surface area contributed by atoms with Gasteiger partial charge in [0.05, 0.1) is 5.92 Å². The second-order valence-electron chi connectivity index (χ2n) is 4.65. The zero-order chi connectivity index (χ0) is 10.8. The second kappa shape index (κ2) is 4.33. The number of amides is 1. The Balaban J connectivity index is 1.97. The van der Waals surface area contributed by atoms with Gasteiger partial charge in [-0.05, 0) is 25.7 Å². The summed E-state index contributed by atoms with van der Waals surface area (Å²) < 4.78 is 13.7. The minimum absolute atomic E-state index is 0.0347. The van der Waals surface area contributed by atoms with E-state index < -0.39 is 12.1 Å². The maximum absolute atomic E-state index is 13.7. The van der Waals surface area contributed by atoms with E-state index in [1.807, 2.05) is 4.90 Å². The van der Waals surface area contributed by atoms with E-state index in [1.165, 1.54) is 0 Å². The summed E-state index contributed by atoms with van der Waals surface area (Å²) in [6.07, 6.45) is 2.98. The molecule has 1 heterocycles. The summed E-state index contributed by atoms with van der Waals surface area (Å²) in [5, 5.41) is 0. The lowest BCUT2D eigenvalue weighted by atomic mass is 9.84. The highest BCUT2D eigenvalue weighted by Crippen LogP contribution is 2.31. The first-order chi connectivity index (χ1) is 7.18. The van der Waals surface area contributed by atoms with Crippen LogP contribution in [0.15, 0.2) is 12.2 Å². The van der Waals surface area contributed by atoms with Gasteiger partial charge >= 0.3 is 0 Å². The fraction of sp³-hybridized carbons (Fsp3) is 0.750. The van der Waals surface area contributed by atoms with Crippen LogP contribution >= 0.6 is 0 Å². The van der Waals surface area contributed by atoms with Crippen molar-refractivity contribution in [3.8, 4) is 0 Å². The first-order valence-corrected chi connectivity index (χ1v) is 5.78. The van der Waals surface area contributed by atoms with E-state index in [2.05, 4.69) is 6.58 Å². The average Bonchev–Trinajstić information content (AvgIpc) is 2.69. The molecule has 2 rings (SSSR count). The van der Waals surface area contributed by atoms with Gasteiger partial charge in [0.25, 0.3) is 0 Å². The smallest absolute Gasteiger partial charge is 0.228 e. The summed E-state index contributed by atoms with van der Waals surface area (Å²) in [5.41, 5.74) is 0.952. The van der Waals surface area contributed by atoms with Crippen molar-refractivity contribution in [1.29, 1.82) is 0 Å². The Morgan fingerprint density at radius 1 is 1.40 bits per heavy atom. The number of carbonyl (C=O) groups excluding carboxylic acids is 1. The molecule has 1 aliphatic carbocycles. The number of alkyl halides is 1. The molecule has 0 aromatic heterocycles. The molecule has 1 saturated carbocycles. The van der Waals surface area contributed by atoms with E-state index in [1.54, 1.807) is 0 Å². The van der Waals surface area contributed by atoms with Crippen molar-refractivity contribution < 1.29 is 9.18 Å². The highest BCUT2D eigenvalue weighted by atomic mass is 19.1. The molecule has 0 aromatic rings. The Morgan fingerprint density at radius 2 is 2.07 bits per heavy atom. The lowest BCUT2D eigenvalue weighted by Gasteiger charge is -2.29. The van der Waals surface area contributed by atoms with Gasteiger partial charge in [0, 0.05) is 19.5 Å². The topological polar surface area (TPSA) is 20.3 Å². The van der Waals surface area contributed by atoms with E-state index in [-0.39, 0.29) is 5.91 Å². The Labute approximate surface area is 90.1 Å². The molecule has 0 N–H and O–H groups in total. The van der Waals surface area contributed by atoms with Crippen molar-refractivity contribution in [2.75, 3.05) is 13.1 Å². The van der Waals surface area contributed by atoms with E-state index in [9.17, 15) is 9.18 Å². The summed E-state index contributed by atoms with van der Waals surface area (Å²) in [6, 6.07) is 0. The Hall–Kier alpha value is -0.860. The predicted molar refractivity (Wildman–Crippen MR) is 57.2 cm³/mol. The van der Waals surface area contributed by atoms with Crippen LogP contribution in [0.4, 0.5) is 4.39 Å². The monoisotopic (exact) mass is 211 g/mol. The van der Waals surface area contributed by atoms with Gasteiger partial charge in [-0.3, -0.25) is 4.79 Å². The van der Waals surface area contributed by atoms with Gasteiger partial charge in [0.1, 0.15) is 6.17 Å². The van der Waals surface area contributed by atoms with Gasteiger partial charge < -0.3 is 4.90 Å². The van der Waals surface area contributed by atoms with E-state index >= 15 is 0 Å². The minimum atomic E-state index is -1.00. The third-order valence-corrected chi connectivity index (χ3v) is 3.46. The molecule has 1 aliphatic heterocycles. The number of hydrogen-bond acceptors (Lipinski definition) is 1. The fourth-order valence-corrected chi connectivity index (χ4v) is 2.51. The molecular weight excluding hydrogens is 193 g/mol. The lowest BCUT2D eigenvalue weighted by molar-refractivity contribution is -0.137. The van der Waals surface area contributed by atoms with Crippen molar-refractivity contribution in [3.63, 3.8) is 0 Å². The van der Waals surface area contributed by atoms with Crippen LogP contribution < -0.4 is 0 Å². The van der Waals surface area contributed by atoms with Crippen LogP contribution in [0.5, 0.6) is 0 Å². The summed E-state index contributed by atoms with van der Waals surface area (Å²) >= 11 is 0. The van der Waals surface area contributed by atoms with Crippen LogP contribution in [0.25, 0.3) is 0 Å². The van der Waals surface area contributed by atoms with Crippen molar-refractivity contribution in [1.82, 2.24) is 4.90 Å². The number of rotatable bonds is 1. The van der Waals surface area contributed by atoms with E-state index in [4.69, 9.17) is 0 Å². The van der Waals surface area contributed by atoms with Crippen molar-refractivity contribution >= 4 is 5.91 Å². The van der Waals surface area contributed by atoms with E-state index in [0.29, 0.717) is 12.8 Å². The maximum atomic E-state index is 13.7. The molecule has 2 nitrogen and oxygen atoms in total. The standard InChI is InChI=1S/C12H18FNO/c1-9-4-5-10(11(13)8-9)12(15)14-6-2-3-7-14/h10-11H,1-8H2. The minimum Gasteiger partial charge on any atom is -0.342 e. The summed E-state index contributed by atoms with van der Waals surface area (Å²) in [4.78, 5) is 13.8. The molecule has 1 saturated heterocycles. The molecular formula is C12H18FNO. The van der Waals surface area contributed by atoms with Gasteiger partial charge in [-0.2, -0.15) is 0 Å². The molecule has 2 fully saturated rings. The molecule has 2 aliphatic rings. The fourth-order valence-electron chi connectivity index (χ4n) is 2.51. The Bertz CT molecular complexity index is 271. The number of carbonyl (C=O) groups is 1. The van der Waals surface area contributed by atoms with Crippen LogP contribution in [0.1, 0.15) is 32.1 Å². The van der Waals surface area contributed by atoms with Gasteiger partial charge in [-0.15, -0.1) is 0 Å². The molecule has 0 radical (unpaired) electrons. The number of halogens is 1. The zero-order valence-electron chi connectivity index (χ0n) is 9.04. The van der Waals surface area contributed by atoms with Gasteiger partial charge in [0.15, 0.2) is 0 Å². The van der Waals surface area contributed by atoms with Crippen LogP contribution in [-0.4, -0.2) is 30.1 Å². The number of allylic oxidation sites excluding steroid dienone is 1. The normalized spacial score (nSPS) is 32.1. The number of hydrogen-bond donors (Lipinski definition) is 0. The summed E-state index contributed by atoms with van der Waals surface area (Å²) in [5.74, 6) is -0.360. The third kappa shape index (κ3) is 2.21. The molecule has 2 unspecified atom stereocenters. The summed E-state index contributed by atoms with van der Waals surface area (Å²) in [7, 11) is 0. The van der Waals surface area contributed by atoms with Gasteiger partial charge in [-0.1, -0.05) is 12.2 Å². The molecule has 0 spiro atoms. The molecule has 84 valence electrons. The number of nitrogens with zero attached hydrogens (tertiary/aromatic N) is 1. The molecule has 0 aromatic carbocycles. The Morgan fingerprint density at radius 3 is 2.67 bits per heavy atom. The zero-order valence-corrected chi connectivity index (χ0v) is 9.04. The van der Waals surface area contributed by atoms with Crippen LogP contribution in [0, 0.1) is 5.92 Å². The predicted octanol–water partition coefficient (Wildman–Crippen LogP) is 2.30. The van der Waals surface area contributed by atoms with E-state index in [0.717, 1.165) is 37.9 Å². The molecule has 0 bridgehead atoms. The average molecular weight is 211 g/mol. The van der Waals surface area contributed by atoms with Crippen molar-refractivity contribution in [3.05, 3.63) is 12.2 Å². The largest absolute Gasteiger partial charge is 0.342 e. The Kier molecular flexibility index (Phi) is 3.08. The highest BCUT2D eigenvalue weighted by Gasteiger charge is 2.35. The molecule has 3 heteroatoms. The van der Waals surface area contributed by atoms with Crippen LogP contribution in [0.2, 0.25) is 0 Å². The van der Waals surface area contributed by atoms with Gasteiger partial charge in [-0.25, -0.2) is 4.39 Å². The molecule has 1 amide bonds. The lowest BCUT2D eigenvalue weighted by Crippen LogP contribution is -2.39. The van der Waals surface area contributed by atoms with Gasteiger partial charge in [0.2, 0.25) is 5.91 Å². The van der Waals surface area contributed by atoms with Crippen LogP contribution in [-0.2, 0) is 4.79 Å². The van der Waals surface area contributed by atoms with Crippen molar-refractivity contribution in [2.45, 2.75) is 38.3 Å². The quantitative estimate of drug-likeness (QED) is 0.609. The SMILES string of the molecule is C=C1CCC(C(=O)N2CCCC2)C(F)C1. The number of likely N-dealkylation sites (tertiary alicyclic amines) is 1. The third-order valence-electron chi connectivity index (χ3n) is 3.46. The molecule has 15 heavy (non-hydrogen) atoms. The first-order valence-electron chi connectivity index (χ1n) is 5.78.